The second kappa shape index (κ2) is 6.59. The molecule has 1 aromatic rings. The summed E-state index contributed by atoms with van der Waals surface area (Å²) in [7, 11) is 0. The maximum absolute atomic E-state index is 9.45. The van der Waals surface area contributed by atoms with E-state index in [0.717, 1.165) is 0 Å². The first-order valence-corrected chi connectivity index (χ1v) is 5.74. The molecule has 0 atom stereocenters. The van der Waals surface area contributed by atoms with Crippen LogP contribution in [0.2, 0.25) is 0 Å². The van der Waals surface area contributed by atoms with Crippen LogP contribution in [0.3, 0.4) is 0 Å². The number of nitrogens with two attached hydrogens (primary N) is 1. The Hall–Kier alpha value is -1.95. The molecule has 5 nitrogen and oxygen atoms in total. The minimum absolute atomic E-state index is 0.01000. The number of amidine groups is 1. The number of nitrogens with zero attached hydrogens (tertiary/aromatic N) is 2. The molecule has 0 aliphatic rings. The Morgan fingerprint density at radius 2 is 2.24 bits per heavy atom. The molecule has 4 N–H and O–H groups in total. The van der Waals surface area contributed by atoms with E-state index in [4.69, 9.17) is 10.8 Å². The zero-order valence-corrected chi connectivity index (χ0v) is 9.89. The molecule has 90 valence electrons. The number of benzene rings is 1. The molecule has 0 aliphatic carbocycles. The van der Waals surface area contributed by atoms with Crippen molar-refractivity contribution in [2.45, 2.75) is 0 Å². The van der Waals surface area contributed by atoms with Crippen molar-refractivity contribution in [2.24, 2.45) is 15.9 Å². The number of phenolic OH excluding ortho intramolecular Hbond substituents is 2. The van der Waals surface area contributed by atoms with Crippen LogP contribution >= 0.6 is 11.8 Å². The van der Waals surface area contributed by atoms with Crippen LogP contribution < -0.4 is 5.73 Å². The van der Waals surface area contributed by atoms with E-state index in [1.165, 1.54) is 36.2 Å². The number of phenols is 2. The Morgan fingerprint density at radius 1 is 1.47 bits per heavy atom. The van der Waals surface area contributed by atoms with Crippen molar-refractivity contribution in [3.8, 4) is 11.5 Å². The van der Waals surface area contributed by atoms with Gasteiger partial charge in [-0.15, -0.1) is 11.7 Å². The second-order valence-corrected chi connectivity index (χ2v) is 4.07. The molecule has 0 bridgehead atoms. The van der Waals surface area contributed by atoms with E-state index in [9.17, 15) is 5.11 Å². The van der Waals surface area contributed by atoms with Gasteiger partial charge in [-0.05, 0) is 12.1 Å². The van der Waals surface area contributed by atoms with Crippen LogP contribution in [0.15, 0.2) is 41.1 Å². The summed E-state index contributed by atoms with van der Waals surface area (Å²) in [5.74, 6) is 0.584. The molecule has 0 aromatic heterocycles. The molecule has 1 rings (SSSR count). The minimum Gasteiger partial charge on any atom is -0.508 e. The normalized spacial score (nSPS) is 11.9. The zero-order chi connectivity index (χ0) is 12.7. The summed E-state index contributed by atoms with van der Waals surface area (Å²) in [5, 5.41) is 26.3. The first-order chi connectivity index (χ1) is 8.13. The second-order valence-electron chi connectivity index (χ2n) is 3.03. The van der Waals surface area contributed by atoms with Gasteiger partial charge in [-0.3, -0.25) is 0 Å². The molecule has 0 aliphatic heterocycles. The smallest absolute Gasteiger partial charge is 0.180 e. The van der Waals surface area contributed by atoms with Crippen LogP contribution in [-0.2, 0) is 0 Å². The first-order valence-electron chi connectivity index (χ1n) is 4.75. The van der Waals surface area contributed by atoms with Gasteiger partial charge in [-0.1, -0.05) is 17.8 Å². The average Bonchev–Trinajstić information content (AvgIpc) is 2.29. The zero-order valence-electron chi connectivity index (χ0n) is 9.08. The summed E-state index contributed by atoms with van der Waals surface area (Å²) in [4.78, 5) is 0. The largest absolute Gasteiger partial charge is 0.508 e. The fraction of sp³-hybridized carbons (Fsp3) is 0.0909. The van der Waals surface area contributed by atoms with Gasteiger partial charge in [-0.2, -0.15) is 5.10 Å². The number of hydrogen-bond acceptors (Lipinski definition) is 5. The molecule has 0 amide bonds. The molecule has 1 aromatic carbocycles. The van der Waals surface area contributed by atoms with Crippen molar-refractivity contribution in [1.29, 1.82) is 0 Å². The van der Waals surface area contributed by atoms with Crippen molar-refractivity contribution < 1.29 is 10.2 Å². The van der Waals surface area contributed by atoms with E-state index in [1.807, 2.05) is 0 Å². The lowest BCUT2D eigenvalue weighted by Crippen LogP contribution is -2.05. The van der Waals surface area contributed by atoms with Gasteiger partial charge in [0.2, 0.25) is 0 Å². The highest BCUT2D eigenvalue weighted by Crippen LogP contribution is 2.20. The standard InChI is InChI=1S/C11H13N3O2S/c1-2-5-17-11(12)14-13-7-8-3-4-9(15)6-10(8)16/h2-4,6-7,15-16H,1,5H2,(H2,12,14)/b13-7+. The molecule has 0 fully saturated rings. The SMILES string of the molecule is C=CCS/C(N)=N/N=C/c1ccc(O)cc1O. The third-order valence-electron chi connectivity index (χ3n) is 1.72. The Morgan fingerprint density at radius 3 is 2.88 bits per heavy atom. The van der Waals surface area contributed by atoms with Crippen LogP contribution in [0.1, 0.15) is 5.56 Å². The summed E-state index contributed by atoms with van der Waals surface area (Å²) in [6.07, 6.45) is 3.07. The molecule has 0 spiro atoms. The van der Waals surface area contributed by atoms with Crippen molar-refractivity contribution in [1.82, 2.24) is 0 Å². The van der Waals surface area contributed by atoms with Crippen LogP contribution in [0.4, 0.5) is 0 Å². The van der Waals surface area contributed by atoms with E-state index in [-0.39, 0.29) is 11.5 Å². The highest BCUT2D eigenvalue weighted by Gasteiger charge is 1.98. The summed E-state index contributed by atoms with van der Waals surface area (Å²) >= 11 is 1.31. The molecular weight excluding hydrogens is 238 g/mol. The third kappa shape index (κ3) is 4.60. The van der Waals surface area contributed by atoms with Gasteiger partial charge in [0.05, 0.1) is 6.21 Å². The predicted octanol–water partition coefficient (Wildman–Crippen LogP) is 1.67. The lowest BCUT2D eigenvalue weighted by Gasteiger charge is -1.98. The van der Waals surface area contributed by atoms with Crippen LogP contribution in [-0.4, -0.2) is 27.3 Å². The maximum atomic E-state index is 9.45. The third-order valence-corrected chi connectivity index (χ3v) is 2.50. The molecule has 17 heavy (non-hydrogen) atoms. The van der Waals surface area contributed by atoms with E-state index in [2.05, 4.69) is 16.8 Å². The molecule has 0 unspecified atom stereocenters. The highest BCUT2D eigenvalue weighted by molar-refractivity contribution is 8.13. The summed E-state index contributed by atoms with van der Waals surface area (Å²) in [6, 6.07) is 4.19. The Labute approximate surface area is 103 Å². The summed E-state index contributed by atoms with van der Waals surface area (Å²) < 4.78 is 0. The van der Waals surface area contributed by atoms with Gasteiger partial charge >= 0.3 is 0 Å². The van der Waals surface area contributed by atoms with Crippen molar-refractivity contribution in [3.05, 3.63) is 36.4 Å². The lowest BCUT2D eigenvalue weighted by molar-refractivity contribution is 0.450. The molecular formula is C11H13N3O2S. The molecule has 6 heteroatoms. The van der Waals surface area contributed by atoms with Gasteiger partial charge in [0.15, 0.2) is 5.17 Å². The fourth-order valence-electron chi connectivity index (χ4n) is 0.962. The van der Waals surface area contributed by atoms with Gasteiger partial charge in [0, 0.05) is 17.4 Å². The van der Waals surface area contributed by atoms with Crippen LogP contribution in [0, 0.1) is 0 Å². The number of aromatic hydroxyl groups is 2. The van der Waals surface area contributed by atoms with E-state index < -0.39 is 0 Å². The van der Waals surface area contributed by atoms with Gasteiger partial charge in [-0.25, -0.2) is 0 Å². The molecule has 0 heterocycles. The first kappa shape index (κ1) is 13.1. The summed E-state index contributed by atoms with van der Waals surface area (Å²) in [5.41, 5.74) is 5.99. The van der Waals surface area contributed by atoms with Crippen molar-refractivity contribution in [2.75, 3.05) is 5.75 Å². The number of hydrogen-bond donors (Lipinski definition) is 3. The quantitative estimate of drug-likeness (QED) is 0.328. The lowest BCUT2D eigenvalue weighted by atomic mass is 10.2. The average molecular weight is 251 g/mol. The van der Waals surface area contributed by atoms with E-state index >= 15 is 0 Å². The number of thioether (sulfide) groups is 1. The molecule has 0 saturated carbocycles. The van der Waals surface area contributed by atoms with Crippen molar-refractivity contribution in [3.63, 3.8) is 0 Å². The highest BCUT2D eigenvalue weighted by atomic mass is 32.2. The molecule has 0 radical (unpaired) electrons. The monoisotopic (exact) mass is 251 g/mol. The Bertz CT molecular complexity index is 458. The summed E-state index contributed by atoms with van der Waals surface area (Å²) in [6.45, 7) is 3.55. The Kier molecular flexibility index (Phi) is 5.09. The van der Waals surface area contributed by atoms with Crippen molar-refractivity contribution >= 4 is 23.1 Å². The topological polar surface area (TPSA) is 91.2 Å². The van der Waals surface area contributed by atoms with Crippen LogP contribution in [0.25, 0.3) is 0 Å². The molecule has 0 saturated heterocycles. The van der Waals surface area contributed by atoms with Gasteiger partial charge < -0.3 is 15.9 Å². The fourth-order valence-corrected chi connectivity index (χ4v) is 1.36. The van der Waals surface area contributed by atoms with E-state index in [0.29, 0.717) is 16.5 Å². The van der Waals surface area contributed by atoms with Gasteiger partial charge in [0.25, 0.3) is 0 Å². The predicted molar refractivity (Wildman–Crippen MR) is 71.6 cm³/mol. The number of rotatable bonds is 4. The van der Waals surface area contributed by atoms with Gasteiger partial charge in [0.1, 0.15) is 11.5 Å². The van der Waals surface area contributed by atoms with Crippen LogP contribution in [0.5, 0.6) is 11.5 Å². The van der Waals surface area contributed by atoms with E-state index in [1.54, 1.807) is 6.08 Å². The Balaban J connectivity index is 2.67. The maximum Gasteiger partial charge on any atom is 0.180 e. The minimum atomic E-state index is -0.0683.